The van der Waals surface area contributed by atoms with Gasteiger partial charge < -0.3 is 10.0 Å². The third kappa shape index (κ3) is 2.56. The summed E-state index contributed by atoms with van der Waals surface area (Å²) in [4.78, 5) is 25.4. The molecular weight excluding hydrogens is 278 g/mol. The summed E-state index contributed by atoms with van der Waals surface area (Å²) in [5.74, 6) is -1.33. The molecule has 0 spiro atoms. The lowest BCUT2D eigenvalue weighted by molar-refractivity contribution is -0.148. The van der Waals surface area contributed by atoms with Crippen LogP contribution in [0.5, 0.6) is 0 Å². The Balaban J connectivity index is 1.86. The fourth-order valence-electron chi connectivity index (χ4n) is 3.16. The Morgan fingerprint density at radius 3 is 2.64 bits per heavy atom. The topological polar surface area (TPSA) is 57.6 Å². The minimum atomic E-state index is -0.906. The Morgan fingerprint density at radius 1 is 1.18 bits per heavy atom. The highest BCUT2D eigenvalue weighted by Gasteiger charge is 2.36. The number of nitrogens with zero attached hydrogens (tertiary/aromatic N) is 1. The van der Waals surface area contributed by atoms with Crippen LogP contribution in [0.2, 0.25) is 0 Å². The normalized spacial score (nSPS) is 19.3. The van der Waals surface area contributed by atoms with Gasteiger partial charge in [-0.2, -0.15) is 0 Å². The maximum absolute atomic E-state index is 12.7. The van der Waals surface area contributed by atoms with Gasteiger partial charge in [0.25, 0.3) is 0 Å². The van der Waals surface area contributed by atoms with E-state index in [-0.39, 0.29) is 11.8 Å². The maximum atomic E-state index is 12.7. The highest BCUT2D eigenvalue weighted by Crippen LogP contribution is 2.27. The number of carboxylic acids is 1. The Hall–Kier alpha value is -2.36. The van der Waals surface area contributed by atoms with Crippen LogP contribution in [0, 0.1) is 0 Å². The molecule has 0 aromatic heterocycles. The molecule has 0 bridgehead atoms. The molecule has 4 heteroatoms. The van der Waals surface area contributed by atoms with Crippen LogP contribution < -0.4 is 0 Å². The second-order valence-electron chi connectivity index (χ2n) is 5.86. The molecule has 4 nitrogen and oxygen atoms in total. The average Bonchev–Trinajstić information content (AvgIpc) is 3.03. The first-order valence-electron chi connectivity index (χ1n) is 7.60. The summed E-state index contributed by atoms with van der Waals surface area (Å²) in [5, 5.41) is 11.5. The van der Waals surface area contributed by atoms with E-state index in [1.807, 2.05) is 49.4 Å². The molecule has 1 aliphatic heterocycles. The summed E-state index contributed by atoms with van der Waals surface area (Å²) in [6.45, 7) is 2.39. The number of benzene rings is 2. The lowest BCUT2D eigenvalue weighted by Gasteiger charge is -2.25. The minimum Gasteiger partial charge on any atom is -0.480 e. The van der Waals surface area contributed by atoms with Crippen LogP contribution in [0.25, 0.3) is 10.8 Å². The van der Waals surface area contributed by atoms with Crippen molar-refractivity contribution in [3.05, 3.63) is 48.0 Å². The molecule has 1 fully saturated rings. The van der Waals surface area contributed by atoms with Crippen molar-refractivity contribution in [1.82, 2.24) is 4.90 Å². The second kappa shape index (κ2) is 5.79. The number of hydrogen-bond donors (Lipinski definition) is 1. The quantitative estimate of drug-likeness (QED) is 0.947. The van der Waals surface area contributed by atoms with E-state index < -0.39 is 12.0 Å². The summed E-state index contributed by atoms with van der Waals surface area (Å²) < 4.78 is 0. The standard InChI is InChI=1S/C18H19NO3/c1-12(17(20)19-10-4-7-16(19)18(21)22)14-9-8-13-5-2-3-6-15(13)11-14/h2-3,5-6,8-9,11-12,16H,4,7,10H2,1H3,(H,21,22)/t12?,16-/m1/s1. The van der Waals surface area contributed by atoms with Gasteiger partial charge in [-0.3, -0.25) is 4.79 Å². The van der Waals surface area contributed by atoms with E-state index in [0.29, 0.717) is 13.0 Å². The second-order valence-corrected chi connectivity index (χ2v) is 5.86. The van der Waals surface area contributed by atoms with Gasteiger partial charge in [-0.05, 0) is 36.1 Å². The zero-order chi connectivity index (χ0) is 15.7. The molecule has 0 saturated carbocycles. The summed E-state index contributed by atoms with van der Waals surface area (Å²) >= 11 is 0. The first-order chi connectivity index (χ1) is 10.6. The molecule has 0 aliphatic carbocycles. The predicted molar refractivity (Wildman–Crippen MR) is 84.7 cm³/mol. The zero-order valence-electron chi connectivity index (χ0n) is 12.5. The number of carbonyl (C=O) groups excluding carboxylic acids is 1. The molecule has 1 aliphatic rings. The lowest BCUT2D eigenvalue weighted by atomic mass is 9.96. The van der Waals surface area contributed by atoms with Gasteiger partial charge in [0, 0.05) is 6.54 Å². The number of fused-ring (bicyclic) bond motifs is 1. The SMILES string of the molecule is CC(C(=O)N1CCC[C@@H]1C(=O)O)c1ccc2ccccc2c1. The van der Waals surface area contributed by atoms with Gasteiger partial charge in [-0.15, -0.1) is 0 Å². The molecule has 1 N–H and O–H groups in total. The van der Waals surface area contributed by atoms with Gasteiger partial charge >= 0.3 is 5.97 Å². The maximum Gasteiger partial charge on any atom is 0.326 e. The van der Waals surface area contributed by atoms with E-state index in [4.69, 9.17) is 0 Å². The van der Waals surface area contributed by atoms with Crippen LogP contribution >= 0.6 is 0 Å². The van der Waals surface area contributed by atoms with Crippen LogP contribution in [-0.2, 0) is 9.59 Å². The number of likely N-dealkylation sites (tertiary alicyclic amines) is 1. The van der Waals surface area contributed by atoms with Crippen molar-refractivity contribution in [2.24, 2.45) is 0 Å². The summed E-state index contributed by atoms with van der Waals surface area (Å²) in [5.41, 5.74) is 0.930. The smallest absolute Gasteiger partial charge is 0.326 e. The number of rotatable bonds is 3. The third-order valence-corrected chi connectivity index (χ3v) is 4.46. The fraction of sp³-hybridized carbons (Fsp3) is 0.333. The first-order valence-corrected chi connectivity index (χ1v) is 7.60. The van der Waals surface area contributed by atoms with Crippen LogP contribution in [0.15, 0.2) is 42.5 Å². The van der Waals surface area contributed by atoms with Gasteiger partial charge in [0.2, 0.25) is 5.91 Å². The van der Waals surface area contributed by atoms with E-state index in [2.05, 4.69) is 0 Å². The molecule has 114 valence electrons. The molecular formula is C18H19NO3. The molecule has 22 heavy (non-hydrogen) atoms. The lowest BCUT2D eigenvalue weighted by Crippen LogP contribution is -2.42. The highest BCUT2D eigenvalue weighted by molar-refractivity contribution is 5.90. The number of aliphatic carboxylic acids is 1. The van der Waals surface area contributed by atoms with Gasteiger partial charge in [-0.25, -0.2) is 4.79 Å². The summed E-state index contributed by atoms with van der Waals surface area (Å²) in [6.07, 6.45) is 1.30. The monoisotopic (exact) mass is 297 g/mol. The molecule has 2 aromatic carbocycles. The van der Waals surface area contributed by atoms with Gasteiger partial charge in [0.05, 0.1) is 5.92 Å². The largest absolute Gasteiger partial charge is 0.480 e. The molecule has 1 amide bonds. The molecule has 3 rings (SSSR count). The van der Waals surface area contributed by atoms with E-state index in [1.54, 1.807) is 0 Å². The Kier molecular flexibility index (Phi) is 3.84. The van der Waals surface area contributed by atoms with Crippen molar-refractivity contribution < 1.29 is 14.7 Å². The molecule has 1 heterocycles. The van der Waals surface area contributed by atoms with Crippen LogP contribution in [0.3, 0.4) is 0 Å². The number of hydrogen-bond acceptors (Lipinski definition) is 2. The van der Waals surface area contributed by atoms with Gasteiger partial charge in [0.1, 0.15) is 6.04 Å². The van der Waals surface area contributed by atoms with Crippen molar-refractivity contribution >= 4 is 22.6 Å². The number of amides is 1. The molecule has 1 saturated heterocycles. The van der Waals surface area contributed by atoms with E-state index in [9.17, 15) is 14.7 Å². The van der Waals surface area contributed by atoms with Crippen molar-refractivity contribution in [2.45, 2.75) is 31.7 Å². The predicted octanol–water partition coefficient (Wildman–Crippen LogP) is 3.02. The van der Waals surface area contributed by atoms with Crippen molar-refractivity contribution in [3.63, 3.8) is 0 Å². The Bertz CT molecular complexity index is 725. The van der Waals surface area contributed by atoms with Crippen molar-refractivity contribution in [1.29, 1.82) is 0 Å². The molecule has 2 aromatic rings. The Morgan fingerprint density at radius 2 is 1.91 bits per heavy atom. The molecule has 1 unspecified atom stereocenters. The number of carboxylic acid groups (broad SMARTS) is 1. The van der Waals surface area contributed by atoms with Crippen LogP contribution in [0.1, 0.15) is 31.2 Å². The van der Waals surface area contributed by atoms with Gasteiger partial charge in [-0.1, -0.05) is 42.5 Å². The van der Waals surface area contributed by atoms with E-state index >= 15 is 0 Å². The van der Waals surface area contributed by atoms with E-state index in [1.165, 1.54) is 4.90 Å². The minimum absolute atomic E-state index is 0.0971. The summed E-state index contributed by atoms with van der Waals surface area (Å²) in [7, 11) is 0. The van der Waals surface area contributed by atoms with E-state index in [0.717, 1.165) is 22.8 Å². The third-order valence-electron chi connectivity index (χ3n) is 4.46. The molecule has 2 atom stereocenters. The fourth-order valence-corrected chi connectivity index (χ4v) is 3.16. The Labute approximate surface area is 129 Å². The van der Waals surface area contributed by atoms with Crippen LogP contribution in [-0.4, -0.2) is 34.5 Å². The average molecular weight is 297 g/mol. The van der Waals surface area contributed by atoms with Crippen molar-refractivity contribution in [3.8, 4) is 0 Å². The first kappa shape index (κ1) is 14.6. The van der Waals surface area contributed by atoms with Crippen molar-refractivity contribution in [2.75, 3.05) is 6.54 Å². The van der Waals surface area contributed by atoms with Gasteiger partial charge in [0.15, 0.2) is 0 Å². The zero-order valence-corrected chi connectivity index (χ0v) is 12.5. The summed E-state index contributed by atoms with van der Waals surface area (Å²) in [6, 6.07) is 13.3. The molecule has 0 radical (unpaired) electrons. The highest BCUT2D eigenvalue weighted by atomic mass is 16.4. The van der Waals surface area contributed by atoms with Crippen LogP contribution in [0.4, 0.5) is 0 Å². The number of carbonyl (C=O) groups is 2.